The van der Waals surface area contributed by atoms with Crippen LogP contribution in [0.1, 0.15) is 51.0 Å². The molecule has 0 radical (unpaired) electrons. The van der Waals surface area contributed by atoms with Crippen molar-refractivity contribution in [3.63, 3.8) is 0 Å². The summed E-state index contributed by atoms with van der Waals surface area (Å²) in [4.78, 5) is 27.1. The molecule has 0 spiro atoms. The number of carbonyl (C=O) groups excluding carboxylic acids is 1. The van der Waals surface area contributed by atoms with Crippen LogP contribution < -0.4 is 10.9 Å². The van der Waals surface area contributed by atoms with E-state index in [1.807, 2.05) is 43.3 Å². The number of amides is 1. The maximum absolute atomic E-state index is 12.4. The monoisotopic (exact) mass is 447 g/mol. The van der Waals surface area contributed by atoms with Crippen LogP contribution in [0.15, 0.2) is 70.7 Å². The average Bonchev–Trinajstić information content (AvgIpc) is 2.82. The van der Waals surface area contributed by atoms with Crippen LogP contribution in [0, 0.1) is 13.8 Å². The van der Waals surface area contributed by atoms with E-state index in [2.05, 4.69) is 15.5 Å². The zero-order valence-electron chi connectivity index (χ0n) is 19.0. The lowest BCUT2D eigenvalue weighted by molar-refractivity contribution is 0.0922. The maximum atomic E-state index is 12.4. The van der Waals surface area contributed by atoms with Crippen LogP contribution in [0.4, 0.5) is 0 Å². The lowest BCUT2D eigenvalue weighted by Crippen LogP contribution is -2.34. The molecule has 0 fully saturated rings. The van der Waals surface area contributed by atoms with Gasteiger partial charge in [-0.05, 0) is 61.2 Å². The van der Waals surface area contributed by atoms with Gasteiger partial charge in [-0.2, -0.15) is 0 Å². The number of aliphatic hydroxyl groups is 1. The molecule has 0 aliphatic carbocycles. The van der Waals surface area contributed by atoms with Crippen molar-refractivity contribution in [1.29, 1.82) is 0 Å². The smallest absolute Gasteiger partial charge is 0.251 e. The molecule has 1 aromatic heterocycles. The first kappa shape index (κ1) is 23.9. The van der Waals surface area contributed by atoms with Gasteiger partial charge in [-0.25, -0.2) is 0 Å². The van der Waals surface area contributed by atoms with Crippen molar-refractivity contribution in [2.24, 2.45) is 5.16 Å². The van der Waals surface area contributed by atoms with Crippen LogP contribution >= 0.6 is 0 Å². The Balaban J connectivity index is 2.01. The third-order valence-electron chi connectivity index (χ3n) is 5.70. The van der Waals surface area contributed by atoms with Crippen molar-refractivity contribution >= 4 is 11.6 Å². The Morgan fingerprint density at radius 2 is 1.76 bits per heavy atom. The Morgan fingerprint density at radius 1 is 1.06 bits per heavy atom. The number of hydrogen-bond acceptors (Lipinski definition) is 5. The Hall–Kier alpha value is -3.71. The van der Waals surface area contributed by atoms with Crippen molar-refractivity contribution < 1.29 is 15.1 Å². The number of H-pyrrole nitrogens is 1. The Kier molecular flexibility index (Phi) is 7.79. The van der Waals surface area contributed by atoms with E-state index in [0.717, 1.165) is 22.3 Å². The number of pyridine rings is 1. The van der Waals surface area contributed by atoms with E-state index < -0.39 is 5.92 Å². The molecular weight excluding hydrogens is 418 g/mol. The summed E-state index contributed by atoms with van der Waals surface area (Å²) < 4.78 is 0. The molecule has 33 heavy (non-hydrogen) atoms. The van der Waals surface area contributed by atoms with Crippen molar-refractivity contribution in [1.82, 2.24) is 10.3 Å². The van der Waals surface area contributed by atoms with E-state index in [-0.39, 0.29) is 24.1 Å². The van der Waals surface area contributed by atoms with Gasteiger partial charge in [0.05, 0.1) is 18.2 Å². The number of aromatic amines is 1. The van der Waals surface area contributed by atoms with Gasteiger partial charge in [-0.15, -0.1) is 0 Å². The second kappa shape index (κ2) is 10.7. The summed E-state index contributed by atoms with van der Waals surface area (Å²) in [6.45, 7) is 5.31. The highest BCUT2D eigenvalue weighted by molar-refractivity contribution is 5.96. The van der Waals surface area contributed by atoms with Crippen LogP contribution in [-0.4, -0.2) is 39.6 Å². The summed E-state index contributed by atoms with van der Waals surface area (Å²) in [5, 5.41) is 25.5. The van der Waals surface area contributed by atoms with E-state index in [1.54, 1.807) is 38.2 Å². The van der Waals surface area contributed by atoms with E-state index in [1.165, 1.54) is 0 Å². The van der Waals surface area contributed by atoms with E-state index in [4.69, 9.17) is 5.11 Å². The molecule has 1 heterocycles. The summed E-state index contributed by atoms with van der Waals surface area (Å²) in [7, 11) is 0. The lowest BCUT2D eigenvalue weighted by atomic mass is 9.84. The second-order valence-corrected chi connectivity index (χ2v) is 8.25. The van der Waals surface area contributed by atoms with Gasteiger partial charge < -0.3 is 20.6 Å². The Morgan fingerprint density at radius 3 is 2.36 bits per heavy atom. The SMILES string of the molecule is Cc1ccccc1C/C(=N\O)C(c1ccc(C(=O)N[C@H](C)CO)cc1)c1c[nH]c(=O)c(C)c1. The molecule has 4 N–H and O–H groups in total. The first-order chi connectivity index (χ1) is 15.8. The minimum absolute atomic E-state index is 0.146. The molecule has 0 aliphatic heterocycles. The van der Waals surface area contributed by atoms with Crippen molar-refractivity contribution in [2.75, 3.05) is 6.61 Å². The number of oxime groups is 1. The van der Waals surface area contributed by atoms with Crippen LogP contribution in [0.25, 0.3) is 0 Å². The van der Waals surface area contributed by atoms with Gasteiger partial charge in [-0.3, -0.25) is 9.59 Å². The van der Waals surface area contributed by atoms with E-state index in [0.29, 0.717) is 23.3 Å². The number of aliphatic hydroxyl groups excluding tert-OH is 1. The van der Waals surface area contributed by atoms with Gasteiger partial charge >= 0.3 is 0 Å². The number of nitrogens with one attached hydrogen (secondary N) is 2. The van der Waals surface area contributed by atoms with Crippen LogP contribution in [0.5, 0.6) is 0 Å². The number of nitrogens with zero attached hydrogens (tertiary/aromatic N) is 1. The molecule has 0 aliphatic rings. The van der Waals surface area contributed by atoms with Crippen molar-refractivity contribution in [2.45, 2.75) is 39.2 Å². The lowest BCUT2D eigenvalue weighted by Gasteiger charge is -2.21. The van der Waals surface area contributed by atoms with E-state index in [9.17, 15) is 14.8 Å². The number of aromatic nitrogens is 1. The number of aryl methyl sites for hydroxylation is 2. The number of hydrogen-bond donors (Lipinski definition) is 4. The molecule has 3 rings (SSSR count). The standard InChI is InChI=1S/C26H29N3O4/c1-16-6-4-5-7-21(16)13-23(29-33)24(22-12-17(2)25(31)27-14-22)19-8-10-20(11-9-19)26(32)28-18(3)15-30/h4-12,14,18,24,30,33H,13,15H2,1-3H3,(H,27,31)(H,28,32)/b29-23+/t18-,24?/m1/s1. The van der Waals surface area contributed by atoms with Gasteiger partial charge in [0.25, 0.3) is 11.5 Å². The number of benzene rings is 2. The summed E-state index contributed by atoms with van der Waals surface area (Å²) in [5.74, 6) is -0.714. The molecule has 0 saturated heterocycles. The average molecular weight is 448 g/mol. The molecular formula is C26H29N3O4. The number of rotatable bonds is 8. The largest absolute Gasteiger partial charge is 0.411 e. The van der Waals surface area contributed by atoms with E-state index >= 15 is 0 Å². The minimum Gasteiger partial charge on any atom is -0.411 e. The Labute approximate surface area is 192 Å². The summed E-state index contributed by atoms with van der Waals surface area (Å²) in [6, 6.07) is 16.4. The summed E-state index contributed by atoms with van der Waals surface area (Å²) >= 11 is 0. The third kappa shape index (κ3) is 5.75. The quantitative estimate of drug-likeness (QED) is 0.241. The fourth-order valence-electron chi connectivity index (χ4n) is 3.74. The molecule has 1 amide bonds. The van der Waals surface area contributed by atoms with Gasteiger partial charge in [-0.1, -0.05) is 41.6 Å². The molecule has 172 valence electrons. The highest BCUT2D eigenvalue weighted by Crippen LogP contribution is 2.28. The Bertz CT molecular complexity index is 1200. The normalized spacial score (nSPS) is 13.4. The minimum atomic E-state index is -0.432. The highest BCUT2D eigenvalue weighted by Gasteiger charge is 2.23. The zero-order chi connectivity index (χ0) is 24.0. The maximum Gasteiger partial charge on any atom is 0.251 e. The van der Waals surface area contributed by atoms with Crippen LogP contribution in [-0.2, 0) is 6.42 Å². The fraction of sp³-hybridized carbons (Fsp3) is 0.269. The topological polar surface area (TPSA) is 115 Å². The summed E-state index contributed by atoms with van der Waals surface area (Å²) in [5.41, 5.74) is 5.06. The predicted molar refractivity (Wildman–Crippen MR) is 128 cm³/mol. The highest BCUT2D eigenvalue weighted by atomic mass is 16.4. The third-order valence-corrected chi connectivity index (χ3v) is 5.70. The summed E-state index contributed by atoms with van der Waals surface area (Å²) in [6.07, 6.45) is 2.05. The van der Waals surface area contributed by atoms with Gasteiger partial charge in [0.2, 0.25) is 0 Å². The predicted octanol–water partition coefficient (Wildman–Crippen LogP) is 3.31. The molecule has 7 heteroatoms. The zero-order valence-corrected chi connectivity index (χ0v) is 19.0. The first-order valence-electron chi connectivity index (χ1n) is 10.8. The van der Waals surface area contributed by atoms with Gasteiger partial charge in [0, 0.05) is 29.8 Å². The molecule has 2 aromatic carbocycles. The fourth-order valence-corrected chi connectivity index (χ4v) is 3.74. The first-order valence-corrected chi connectivity index (χ1v) is 10.8. The second-order valence-electron chi connectivity index (χ2n) is 8.25. The molecule has 2 atom stereocenters. The van der Waals surface area contributed by atoms with Gasteiger partial charge in [0.1, 0.15) is 0 Å². The molecule has 0 saturated carbocycles. The van der Waals surface area contributed by atoms with Crippen LogP contribution in [0.3, 0.4) is 0 Å². The molecule has 7 nitrogen and oxygen atoms in total. The van der Waals surface area contributed by atoms with Gasteiger partial charge in [0.15, 0.2) is 0 Å². The molecule has 1 unspecified atom stereocenters. The van der Waals surface area contributed by atoms with Crippen molar-refractivity contribution in [3.8, 4) is 0 Å². The van der Waals surface area contributed by atoms with Crippen molar-refractivity contribution in [3.05, 3.63) is 105 Å². The number of carbonyl (C=O) groups is 1. The molecule has 3 aromatic rings. The van der Waals surface area contributed by atoms with Crippen LogP contribution in [0.2, 0.25) is 0 Å². The molecule has 0 bridgehead atoms.